The van der Waals surface area contributed by atoms with Crippen molar-refractivity contribution in [2.24, 2.45) is 5.41 Å². The van der Waals surface area contributed by atoms with Crippen LogP contribution in [0.15, 0.2) is 18.2 Å². The number of aryl methyl sites for hydroxylation is 1. The first-order chi connectivity index (χ1) is 8.63. The lowest BCUT2D eigenvalue weighted by atomic mass is 9.78. The van der Waals surface area contributed by atoms with Gasteiger partial charge in [-0.2, -0.15) is 5.26 Å². The molecule has 1 fully saturated rings. The van der Waals surface area contributed by atoms with Crippen molar-refractivity contribution in [3.05, 3.63) is 29.3 Å². The van der Waals surface area contributed by atoms with Crippen LogP contribution in [0.4, 0.5) is 0 Å². The fraction of sp³-hybridized carbons (Fsp3) is 0.533. The minimum absolute atomic E-state index is 0.596. The number of nitrogens with zero attached hydrogens (tertiary/aromatic N) is 1. The molecule has 0 bridgehead atoms. The van der Waals surface area contributed by atoms with Gasteiger partial charge >= 0.3 is 0 Å². The second kappa shape index (κ2) is 4.99. The largest absolute Gasteiger partial charge is 0.496 e. The predicted octanol–water partition coefficient (Wildman–Crippen LogP) is 3.12. The Bertz CT molecular complexity index is 470. The highest BCUT2D eigenvalue weighted by Crippen LogP contribution is 2.47. The van der Waals surface area contributed by atoms with Gasteiger partial charge < -0.3 is 9.84 Å². The van der Waals surface area contributed by atoms with Gasteiger partial charge in [-0.1, -0.05) is 18.9 Å². The van der Waals surface area contributed by atoms with E-state index in [0.29, 0.717) is 0 Å². The van der Waals surface area contributed by atoms with Crippen LogP contribution in [0.1, 0.15) is 42.9 Å². The predicted molar refractivity (Wildman–Crippen MR) is 69.2 cm³/mol. The van der Waals surface area contributed by atoms with E-state index in [9.17, 15) is 10.4 Å². The summed E-state index contributed by atoms with van der Waals surface area (Å²) in [6, 6.07) is 7.97. The van der Waals surface area contributed by atoms with Crippen LogP contribution in [0, 0.1) is 23.7 Å². The molecule has 0 radical (unpaired) electrons. The Morgan fingerprint density at radius 3 is 2.56 bits per heavy atom. The maximum Gasteiger partial charge on any atom is 0.121 e. The van der Waals surface area contributed by atoms with Gasteiger partial charge in [0, 0.05) is 0 Å². The van der Waals surface area contributed by atoms with Crippen molar-refractivity contribution in [2.45, 2.75) is 38.7 Å². The van der Waals surface area contributed by atoms with Crippen molar-refractivity contribution < 1.29 is 9.84 Å². The maximum absolute atomic E-state index is 10.5. The molecule has 0 aliphatic heterocycles. The van der Waals surface area contributed by atoms with Gasteiger partial charge in [-0.05, 0) is 43.0 Å². The van der Waals surface area contributed by atoms with Crippen LogP contribution < -0.4 is 4.74 Å². The molecule has 18 heavy (non-hydrogen) atoms. The number of benzene rings is 1. The van der Waals surface area contributed by atoms with E-state index in [2.05, 4.69) is 6.07 Å². The quantitative estimate of drug-likeness (QED) is 0.890. The highest BCUT2D eigenvalue weighted by atomic mass is 16.5. The molecule has 0 aromatic heterocycles. The zero-order valence-corrected chi connectivity index (χ0v) is 10.9. The summed E-state index contributed by atoms with van der Waals surface area (Å²) in [5.74, 6) is 0.809. The van der Waals surface area contributed by atoms with Crippen molar-refractivity contribution in [1.29, 1.82) is 5.26 Å². The fourth-order valence-corrected chi connectivity index (χ4v) is 2.84. The average Bonchev–Trinajstić information content (AvgIpc) is 2.87. The van der Waals surface area contributed by atoms with Crippen molar-refractivity contribution in [3.63, 3.8) is 0 Å². The van der Waals surface area contributed by atoms with E-state index in [-0.39, 0.29) is 0 Å². The summed E-state index contributed by atoms with van der Waals surface area (Å²) in [5, 5.41) is 19.9. The summed E-state index contributed by atoms with van der Waals surface area (Å²) < 4.78 is 5.21. The molecule has 1 aromatic rings. The third kappa shape index (κ3) is 2.09. The summed E-state index contributed by atoms with van der Waals surface area (Å²) in [6.07, 6.45) is 2.93. The van der Waals surface area contributed by atoms with Gasteiger partial charge in [0.15, 0.2) is 0 Å². The van der Waals surface area contributed by atoms with Gasteiger partial charge in [0.1, 0.15) is 5.75 Å². The van der Waals surface area contributed by atoms with Gasteiger partial charge in [0.2, 0.25) is 0 Å². The van der Waals surface area contributed by atoms with E-state index in [1.807, 2.05) is 25.1 Å². The molecule has 0 spiro atoms. The number of hydrogen-bond donors (Lipinski definition) is 1. The normalized spacial score (nSPS) is 19.2. The standard InChI is InChI=1S/C15H19NO2/c1-11-9-12(5-6-13(11)18-2)14(17)15(10-16)7-3-4-8-15/h5-6,9,14,17H,3-4,7-8H2,1-2H3. The van der Waals surface area contributed by atoms with E-state index >= 15 is 0 Å². The molecule has 1 atom stereocenters. The van der Waals surface area contributed by atoms with Gasteiger partial charge in [0.25, 0.3) is 0 Å². The Kier molecular flexibility index (Phi) is 3.58. The topological polar surface area (TPSA) is 53.2 Å². The third-order valence-electron chi connectivity index (χ3n) is 3.98. The van der Waals surface area contributed by atoms with Gasteiger partial charge in [0.05, 0.1) is 24.7 Å². The number of aliphatic hydroxyl groups is 1. The first kappa shape index (κ1) is 12.9. The zero-order chi connectivity index (χ0) is 13.2. The number of nitriles is 1. The second-order valence-corrected chi connectivity index (χ2v) is 5.11. The number of ether oxygens (including phenoxy) is 1. The van der Waals surface area contributed by atoms with Gasteiger partial charge in [-0.15, -0.1) is 0 Å². The molecular formula is C15H19NO2. The number of hydrogen-bond acceptors (Lipinski definition) is 3. The Hall–Kier alpha value is -1.53. The Morgan fingerprint density at radius 2 is 2.06 bits per heavy atom. The van der Waals surface area contributed by atoms with Crippen LogP contribution in [0.5, 0.6) is 5.75 Å². The summed E-state index contributed by atoms with van der Waals surface area (Å²) in [5.41, 5.74) is 1.21. The van der Waals surface area contributed by atoms with Gasteiger partial charge in [-0.25, -0.2) is 0 Å². The van der Waals surface area contributed by atoms with Crippen LogP contribution in [-0.2, 0) is 0 Å². The minimum Gasteiger partial charge on any atom is -0.496 e. The molecule has 1 aliphatic carbocycles. The molecule has 0 amide bonds. The molecule has 1 saturated carbocycles. The molecular weight excluding hydrogens is 226 g/mol. The SMILES string of the molecule is COc1ccc(C(O)C2(C#N)CCCC2)cc1C. The van der Waals surface area contributed by atoms with Crippen LogP contribution in [0.25, 0.3) is 0 Å². The zero-order valence-electron chi connectivity index (χ0n) is 10.9. The smallest absolute Gasteiger partial charge is 0.121 e. The number of rotatable bonds is 3. The molecule has 3 nitrogen and oxygen atoms in total. The van der Waals surface area contributed by atoms with Gasteiger partial charge in [-0.3, -0.25) is 0 Å². The molecule has 0 saturated heterocycles. The third-order valence-corrected chi connectivity index (χ3v) is 3.98. The minimum atomic E-state index is -0.699. The van der Waals surface area contributed by atoms with Crippen LogP contribution in [0.3, 0.4) is 0 Å². The lowest BCUT2D eigenvalue weighted by Crippen LogP contribution is -2.24. The first-order valence-corrected chi connectivity index (χ1v) is 6.37. The van der Waals surface area contributed by atoms with Crippen molar-refractivity contribution in [1.82, 2.24) is 0 Å². The summed E-state index contributed by atoms with van der Waals surface area (Å²) >= 11 is 0. The summed E-state index contributed by atoms with van der Waals surface area (Å²) in [7, 11) is 1.63. The molecule has 3 heteroatoms. The maximum atomic E-state index is 10.5. The molecule has 0 heterocycles. The van der Waals surface area contributed by atoms with Crippen molar-refractivity contribution >= 4 is 0 Å². The Labute approximate surface area is 108 Å². The monoisotopic (exact) mass is 245 g/mol. The highest BCUT2D eigenvalue weighted by Gasteiger charge is 2.41. The van der Waals surface area contributed by atoms with Crippen molar-refractivity contribution in [2.75, 3.05) is 7.11 Å². The fourth-order valence-electron chi connectivity index (χ4n) is 2.84. The van der Waals surface area contributed by atoms with Crippen LogP contribution in [-0.4, -0.2) is 12.2 Å². The highest BCUT2D eigenvalue weighted by molar-refractivity contribution is 5.38. The molecule has 96 valence electrons. The molecule has 2 rings (SSSR count). The molecule has 1 aromatic carbocycles. The van der Waals surface area contributed by atoms with Crippen molar-refractivity contribution in [3.8, 4) is 11.8 Å². The van der Waals surface area contributed by atoms with E-state index in [1.165, 1.54) is 0 Å². The van der Waals surface area contributed by atoms with E-state index in [1.54, 1.807) is 7.11 Å². The second-order valence-electron chi connectivity index (χ2n) is 5.11. The lowest BCUT2D eigenvalue weighted by Gasteiger charge is -2.27. The molecule has 1 unspecified atom stereocenters. The number of methoxy groups -OCH3 is 1. The van der Waals surface area contributed by atoms with Crippen LogP contribution in [0.2, 0.25) is 0 Å². The molecule has 1 aliphatic rings. The van der Waals surface area contributed by atoms with E-state index in [4.69, 9.17) is 4.74 Å². The number of aliphatic hydroxyl groups excluding tert-OH is 1. The lowest BCUT2D eigenvalue weighted by molar-refractivity contribution is 0.0670. The Balaban J connectivity index is 2.31. The average molecular weight is 245 g/mol. The summed E-state index contributed by atoms with van der Waals surface area (Å²) in [4.78, 5) is 0. The first-order valence-electron chi connectivity index (χ1n) is 6.37. The molecule has 1 N–H and O–H groups in total. The Morgan fingerprint density at radius 1 is 1.39 bits per heavy atom. The summed E-state index contributed by atoms with van der Waals surface area (Å²) in [6.45, 7) is 1.95. The van der Waals surface area contributed by atoms with E-state index in [0.717, 1.165) is 42.6 Å². The van der Waals surface area contributed by atoms with Crippen LogP contribution >= 0.6 is 0 Å². The van der Waals surface area contributed by atoms with E-state index < -0.39 is 11.5 Å².